The van der Waals surface area contributed by atoms with Gasteiger partial charge in [0.15, 0.2) is 5.82 Å². The van der Waals surface area contributed by atoms with Gasteiger partial charge in [0.1, 0.15) is 0 Å². The van der Waals surface area contributed by atoms with Crippen LogP contribution in [0.25, 0.3) is 0 Å². The van der Waals surface area contributed by atoms with Gasteiger partial charge >= 0.3 is 0 Å². The van der Waals surface area contributed by atoms with Gasteiger partial charge in [-0.1, -0.05) is 11.6 Å². The topological polar surface area (TPSA) is 85.1 Å². The molecular weight excluding hydrogens is 354 g/mol. The average Bonchev–Trinajstić information content (AvgIpc) is 2.35. The highest BCUT2D eigenvalue weighted by Crippen LogP contribution is 2.25. The molecule has 2 rings (SSSR count). The fourth-order valence-corrected chi connectivity index (χ4v) is 3.11. The molecule has 0 aliphatic rings. The third-order valence-corrected chi connectivity index (χ3v) is 4.58. The predicted octanol–water partition coefficient (Wildman–Crippen LogP) is 2.88. The van der Waals surface area contributed by atoms with Crippen LogP contribution >= 0.6 is 27.5 Å². The molecule has 0 aliphatic carbocycles. The Kier molecular flexibility index (Phi) is 3.98. The lowest BCUT2D eigenvalue weighted by atomic mass is 10.3. The Bertz CT molecular complexity index is 722. The minimum absolute atomic E-state index is 0.0178. The molecule has 0 aliphatic heterocycles. The van der Waals surface area contributed by atoms with Crippen LogP contribution in [-0.2, 0) is 10.0 Å². The number of hydrogen-bond acceptors (Lipinski definition) is 4. The zero-order chi connectivity index (χ0) is 14.0. The molecule has 0 radical (unpaired) electrons. The lowest BCUT2D eigenvalue weighted by Gasteiger charge is -2.09. The van der Waals surface area contributed by atoms with Gasteiger partial charge in [-0.2, -0.15) is 0 Å². The molecule has 19 heavy (non-hydrogen) atoms. The number of nitrogens with one attached hydrogen (secondary N) is 1. The Labute approximate surface area is 124 Å². The van der Waals surface area contributed by atoms with E-state index in [2.05, 4.69) is 25.6 Å². The lowest BCUT2D eigenvalue weighted by molar-refractivity contribution is 0.601. The normalized spacial score (nSPS) is 11.3. The van der Waals surface area contributed by atoms with Crippen molar-refractivity contribution in [3.8, 4) is 0 Å². The van der Waals surface area contributed by atoms with Crippen LogP contribution in [0.5, 0.6) is 0 Å². The van der Waals surface area contributed by atoms with E-state index in [1.54, 1.807) is 12.1 Å². The average molecular weight is 363 g/mol. The fourth-order valence-electron chi connectivity index (χ4n) is 1.32. The molecule has 8 heteroatoms. The molecule has 0 spiro atoms. The first-order chi connectivity index (χ1) is 8.90. The van der Waals surface area contributed by atoms with Crippen molar-refractivity contribution in [2.24, 2.45) is 0 Å². The molecule has 0 unspecified atom stereocenters. The first-order valence-electron chi connectivity index (χ1n) is 5.08. The maximum Gasteiger partial charge on any atom is 0.263 e. The van der Waals surface area contributed by atoms with Gasteiger partial charge in [0.05, 0.1) is 20.1 Å². The molecule has 1 aromatic heterocycles. The number of pyridine rings is 1. The van der Waals surface area contributed by atoms with Crippen LogP contribution in [0, 0.1) is 0 Å². The second-order valence-corrected chi connectivity index (χ2v) is 6.57. The summed E-state index contributed by atoms with van der Waals surface area (Å²) in [6, 6.07) is 7.46. The van der Waals surface area contributed by atoms with Crippen LogP contribution in [0.1, 0.15) is 0 Å². The summed E-state index contributed by atoms with van der Waals surface area (Å²) >= 11 is 9.02. The van der Waals surface area contributed by atoms with Crippen molar-refractivity contribution in [2.75, 3.05) is 10.5 Å². The Morgan fingerprint density at radius 2 is 2.05 bits per heavy atom. The number of nitrogens with two attached hydrogens (primary N) is 1. The molecule has 0 bridgehead atoms. The number of halogens is 2. The molecule has 100 valence electrons. The van der Waals surface area contributed by atoms with Crippen molar-refractivity contribution >= 4 is 49.1 Å². The predicted molar refractivity (Wildman–Crippen MR) is 78.6 cm³/mol. The van der Waals surface area contributed by atoms with Crippen LogP contribution < -0.4 is 10.5 Å². The number of sulfonamides is 1. The summed E-state index contributed by atoms with van der Waals surface area (Å²) in [6.45, 7) is 0. The van der Waals surface area contributed by atoms with Crippen molar-refractivity contribution in [3.63, 3.8) is 0 Å². The number of rotatable bonds is 3. The number of benzene rings is 1. The second-order valence-electron chi connectivity index (χ2n) is 3.62. The first kappa shape index (κ1) is 14.1. The van der Waals surface area contributed by atoms with E-state index >= 15 is 0 Å². The van der Waals surface area contributed by atoms with E-state index < -0.39 is 10.0 Å². The van der Waals surface area contributed by atoms with Crippen molar-refractivity contribution in [3.05, 3.63) is 46.0 Å². The molecule has 0 saturated heterocycles. The largest absolute Gasteiger partial charge is 0.398 e. The van der Waals surface area contributed by atoms with Gasteiger partial charge in [0.2, 0.25) is 0 Å². The zero-order valence-corrected chi connectivity index (χ0v) is 12.6. The van der Waals surface area contributed by atoms with Gasteiger partial charge < -0.3 is 5.73 Å². The lowest BCUT2D eigenvalue weighted by Crippen LogP contribution is -2.14. The molecule has 0 amide bonds. The highest BCUT2D eigenvalue weighted by Gasteiger charge is 2.17. The van der Waals surface area contributed by atoms with E-state index in [1.165, 1.54) is 24.4 Å². The minimum Gasteiger partial charge on any atom is -0.398 e. The van der Waals surface area contributed by atoms with Crippen molar-refractivity contribution in [2.45, 2.75) is 4.90 Å². The summed E-state index contributed by atoms with van der Waals surface area (Å²) in [5.74, 6) is 0.204. The summed E-state index contributed by atoms with van der Waals surface area (Å²) in [6.07, 6.45) is 1.48. The molecule has 1 aromatic carbocycles. The van der Waals surface area contributed by atoms with Gasteiger partial charge in [-0.25, -0.2) is 13.4 Å². The molecule has 3 N–H and O–H groups in total. The van der Waals surface area contributed by atoms with Gasteiger partial charge in [0.25, 0.3) is 10.0 Å². The number of nitrogens with zero attached hydrogens (tertiary/aromatic N) is 1. The molecular formula is C11H9BrClN3O2S. The van der Waals surface area contributed by atoms with Crippen molar-refractivity contribution in [1.29, 1.82) is 0 Å². The summed E-state index contributed by atoms with van der Waals surface area (Å²) in [4.78, 5) is 3.95. The van der Waals surface area contributed by atoms with Gasteiger partial charge in [-0.05, 0) is 46.3 Å². The maximum atomic E-state index is 12.1. The van der Waals surface area contributed by atoms with Crippen LogP contribution in [0.3, 0.4) is 0 Å². The summed E-state index contributed by atoms with van der Waals surface area (Å²) < 4.78 is 27.2. The third-order valence-electron chi connectivity index (χ3n) is 2.27. The maximum absolute atomic E-state index is 12.1. The summed E-state index contributed by atoms with van der Waals surface area (Å²) in [7, 11) is -3.76. The molecule has 0 saturated carbocycles. The molecule has 5 nitrogen and oxygen atoms in total. The van der Waals surface area contributed by atoms with Crippen LogP contribution in [0.4, 0.5) is 11.5 Å². The molecule has 1 heterocycles. The SMILES string of the molecule is Nc1ccc(S(=O)(=O)Nc2ncccc2Br)cc1Cl. The van der Waals surface area contributed by atoms with Crippen LogP contribution in [0.2, 0.25) is 5.02 Å². The molecule has 2 aromatic rings. The third kappa shape index (κ3) is 3.17. The van der Waals surface area contributed by atoms with E-state index in [1.807, 2.05) is 0 Å². The standard InChI is InChI=1S/C11H9BrClN3O2S/c12-8-2-1-5-15-11(8)16-19(17,18)7-3-4-10(14)9(13)6-7/h1-6H,14H2,(H,15,16). The molecule has 0 atom stereocenters. The van der Waals surface area contributed by atoms with Gasteiger partial charge in [0, 0.05) is 6.20 Å². The molecule has 0 fully saturated rings. The number of hydrogen-bond donors (Lipinski definition) is 2. The van der Waals surface area contributed by atoms with E-state index in [0.717, 1.165) is 0 Å². The number of aromatic nitrogens is 1. The number of anilines is 2. The smallest absolute Gasteiger partial charge is 0.263 e. The second kappa shape index (κ2) is 5.36. The van der Waals surface area contributed by atoms with Crippen molar-refractivity contribution < 1.29 is 8.42 Å². The fraction of sp³-hybridized carbons (Fsp3) is 0. The summed E-state index contributed by atoms with van der Waals surface area (Å²) in [5.41, 5.74) is 5.86. The van der Waals surface area contributed by atoms with Crippen LogP contribution in [0.15, 0.2) is 45.9 Å². The Balaban J connectivity index is 2.38. The first-order valence-corrected chi connectivity index (χ1v) is 7.74. The van der Waals surface area contributed by atoms with E-state index in [9.17, 15) is 8.42 Å². The van der Waals surface area contributed by atoms with Crippen molar-refractivity contribution in [1.82, 2.24) is 4.98 Å². The van der Waals surface area contributed by atoms with Gasteiger partial charge in [-0.15, -0.1) is 0 Å². The van der Waals surface area contributed by atoms with E-state index in [-0.39, 0.29) is 15.7 Å². The minimum atomic E-state index is -3.76. The quantitative estimate of drug-likeness (QED) is 0.822. The van der Waals surface area contributed by atoms with Gasteiger partial charge in [-0.3, -0.25) is 4.72 Å². The highest BCUT2D eigenvalue weighted by molar-refractivity contribution is 9.10. The summed E-state index contributed by atoms with van der Waals surface area (Å²) in [5, 5.41) is 0.183. The van der Waals surface area contributed by atoms with E-state index in [0.29, 0.717) is 10.2 Å². The Hall–Kier alpha value is -1.31. The highest BCUT2D eigenvalue weighted by atomic mass is 79.9. The monoisotopic (exact) mass is 361 g/mol. The van der Waals surface area contributed by atoms with Crippen LogP contribution in [-0.4, -0.2) is 13.4 Å². The number of nitrogen functional groups attached to an aromatic ring is 1. The Morgan fingerprint density at radius 3 is 2.68 bits per heavy atom. The zero-order valence-electron chi connectivity index (χ0n) is 9.47. The Morgan fingerprint density at radius 1 is 1.32 bits per heavy atom. The van der Waals surface area contributed by atoms with E-state index in [4.69, 9.17) is 17.3 Å².